The lowest BCUT2D eigenvalue weighted by molar-refractivity contribution is -0.136. The summed E-state index contributed by atoms with van der Waals surface area (Å²) >= 11 is 1.42. The third-order valence-corrected chi connectivity index (χ3v) is 11.8. The Bertz CT molecular complexity index is 2610. The molecule has 324 valence electrons. The second-order valence-electron chi connectivity index (χ2n) is 15.2. The number of thiazole rings is 1. The van der Waals surface area contributed by atoms with Gasteiger partial charge >= 0.3 is 0 Å². The largest absolute Gasteiger partial charge is 0.491 e. The Morgan fingerprint density at radius 2 is 1.59 bits per heavy atom. The SMILES string of the molecule is Cc1ccccc1C(=O)N1CCc2cc(-c3nc(NC(=O)Cc4cccc(OCCOCCOCCOc5cccc6c5C(=O)N(C5CCC(=O)NC5=O)C6=O)c4)sc3C)ccc21. The molecule has 5 aromatic rings. The van der Waals surface area contributed by atoms with Crippen LogP contribution in [0.3, 0.4) is 0 Å². The van der Waals surface area contributed by atoms with Gasteiger partial charge in [0.05, 0.1) is 49.7 Å². The predicted octanol–water partition coefficient (Wildman–Crippen LogP) is 5.70. The smallest absolute Gasteiger partial charge is 0.266 e. The van der Waals surface area contributed by atoms with Gasteiger partial charge in [-0.15, -0.1) is 11.3 Å². The molecule has 0 spiro atoms. The highest BCUT2D eigenvalue weighted by Crippen LogP contribution is 2.37. The van der Waals surface area contributed by atoms with E-state index in [0.29, 0.717) is 36.2 Å². The molecule has 0 aliphatic carbocycles. The van der Waals surface area contributed by atoms with E-state index in [0.717, 1.165) is 49.8 Å². The zero-order valence-electron chi connectivity index (χ0n) is 34.8. The van der Waals surface area contributed by atoms with Gasteiger partial charge in [-0.3, -0.25) is 39.0 Å². The number of rotatable bonds is 17. The molecule has 63 heavy (non-hydrogen) atoms. The van der Waals surface area contributed by atoms with Crippen LogP contribution in [0.25, 0.3) is 11.3 Å². The van der Waals surface area contributed by atoms with Crippen LogP contribution in [0.4, 0.5) is 10.8 Å². The van der Waals surface area contributed by atoms with Gasteiger partial charge in [0.15, 0.2) is 5.13 Å². The third kappa shape index (κ3) is 9.52. The molecule has 0 radical (unpaired) electrons. The molecule has 0 saturated carbocycles. The van der Waals surface area contributed by atoms with Crippen molar-refractivity contribution in [2.75, 3.05) is 56.4 Å². The van der Waals surface area contributed by atoms with Crippen LogP contribution in [0.15, 0.2) is 84.9 Å². The average molecular weight is 872 g/mol. The van der Waals surface area contributed by atoms with Gasteiger partial charge < -0.3 is 29.2 Å². The van der Waals surface area contributed by atoms with Crippen LogP contribution in [-0.4, -0.2) is 97.6 Å². The van der Waals surface area contributed by atoms with Crippen LogP contribution in [0.2, 0.25) is 0 Å². The van der Waals surface area contributed by atoms with Gasteiger partial charge in [0.1, 0.15) is 30.8 Å². The van der Waals surface area contributed by atoms with Crippen molar-refractivity contribution in [1.82, 2.24) is 15.2 Å². The Hall–Kier alpha value is -6.75. The van der Waals surface area contributed by atoms with E-state index in [-0.39, 0.29) is 74.4 Å². The minimum Gasteiger partial charge on any atom is -0.491 e. The molecule has 1 aromatic heterocycles. The lowest BCUT2D eigenvalue weighted by Gasteiger charge is -2.27. The fraction of sp³-hybridized carbons (Fsp3) is 0.298. The van der Waals surface area contributed by atoms with Crippen molar-refractivity contribution in [3.8, 4) is 22.8 Å². The number of nitrogens with one attached hydrogen (secondary N) is 2. The molecule has 4 aromatic carbocycles. The molecule has 4 heterocycles. The summed E-state index contributed by atoms with van der Waals surface area (Å²) in [5, 5.41) is 5.65. The Kier molecular flexibility index (Phi) is 13.0. The second kappa shape index (κ2) is 19.1. The average Bonchev–Trinajstić information content (AvgIpc) is 3.94. The standard InChI is InChI=1S/C47H45N5O10S/c1-28-7-3-4-10-34(28)44(56)51-18-17-31-27-32(13-14-36(31)51)42-29(2)63-47(50-42)49-40(54)26-30-8-5-9-33(25-30)61-23-21-59-19-20-60-22-24-62-38-12-6-11-35-41(38)46(58)52(45(35)57)37-15-16-39(53)48-43(37)55/h3-14,25,27,37H,15-24,26H2,1-2H3,(H,48,53,55)(H,49,50,54). The molecule has 3 aliphatic heterocycles. The van der Waals surface area contributed by atoms with Crippen molar-refractivity contribution >= 4 is 57.6 Å². The summed E-state index contributed by atoms with van der Waals surface area (Å²) in [6, 6.07) is 24.6. The molecule has 2 N–H and O–H groups in total. The zero-order chi connectivity index (χ0) is 44.0. The van der Waals surface area contributed by atoms with Crippen LogP contribution in [0, 0.1) is 13.8 Å². The first kappa shape index (κ1) is 42.9. The number of benzene rings is 4. The number of amides is 6. The maximum absolute atomic E-state index is 13.3. The highest BCUT2D eigenvalue weighted by atomic mass is 32.1. The fourth-order valence-electron chi connectivity index (χ4n) is 7.89. The quantitative estimate of drug-likeness (QED) is 0.0864. The van der Waals surface area contributed by atoms with E-state index in [1.165, 1.54) is 17.4 Å². The summed E-state index contributed by atoms with van der Waals surface area (Å²) < 4.78 is 22.9. The van der Waals surface area contributed by atoms with Crippen LogP contribution in [-0.2, 0) is 36.7 Å². The zero-order valence-corrected chi connectivity index (χ0v) is 35.6. The predicted molar refractivity (Wildman–Crippen MR) is 233 cm³/mol. The highest BCUT2D eigenvalue weighted by molar-refractivity contribution is 7.16. The Balaban J connectivity index is 0.732. The van der Waals surface area contributed by atoms with Gasteiger partial charge in [-0.05, 0) is 85.8 Å². The molecule has 15 nitrogen and oxygen atoms in total. The van der Waals surface area contributed by atoms with Crippen molar-refractivity contribution in [3.63, 3.8) is 0 Å². The van der Waals surface area contributed by atoms with Crippen molar-refractivity contribution in [1.29, 1.82) is 0 Å². The molecule has 6 amide bonds. The van der Waals surface area contributed by atoms with Gasteiger partial charge in [-0.1, -0.05) is 42.5 Å². The number of imide groups is 2. The van der Waals surface area contributed by atoms with Crippen molar-refractivity contribution in [3.05, 3.63) is 123 Å². The number of piperidine rings is 1. The Morgan fingerprint density at radius 1 is 0.825 bits per heavy atom. The minimum absolute atomic E-state index is 0.000818. The summed E-state index contributed by atoms with van der Waals surface area (Å²) in [6.45, 7) is 6.02. The van der Waals surface area contributed by atoms with Gasteiger partial charge in [0.25, 0.3) is 17.7 Å². The number of nitrogens with zero attached hydrogens (tertiary/aromatic N) is 3. The Labute approximate surface area is 367 Å². The highest BCUT2D eigenvalue weighted by Gasteiger charge is 2.46. The normalized spacial score (nSPS) is 15.6. The first-order valence-corrected chi connectivity index (χ1v) is 21.5. The maximum atomic E-state index is 13.3. The van der Waals surface area contributed by atoms with Crippen molar-refractivity contribution in [2.45, 2.75) is 45.6 Å². The summed E-state index contributed by atoms with van der Waals surface area (Å²) in [7, 11) is 0. The first-order chi connectivity index (χ1) is 30.5. The van der Waals surface area contributed by atoms with E-state index in [1.54, 1.807) is 12.1 Å². The van der Waals surface area contributed by atoms with Gasteiger partial charge in [-0.2, -0.15) is 0 Å². The summed E-state index contributed by atoms with van der Waals surface area (Å²) in [6.07, 6.45) is 0.994. The number of ether oxygens (including phenoxy) is 4. The number of anilines is 2. The van der Waals surface area contributed by atoms with E-state index in [2.05, 4.69) is 16.7 Å². The number of carbonyl (C=O) groups is 6. The lowest BCUT2D eigenvalue weighted by atomic mass is 10.0. The number of aryl methyl sites for hydroxylation is 2. The van der Waals surface area contributed by atoms with E-state index >= 15 is 0 Å². The molecular weight excluding hydrogens is 827 g/mol. The molecule has 3 aliphatic rings. The Morgan fingerprint density at radius 3 is 2.38 bits per heavy atom. The van der Waals surface area contributed by atoms with Crippen LogP contribution in [0.1, 0.15) is 65.5 Å². The molecule has 1 fully saturated rings. The molecule has 8 rings (SSSR count). The van der Waals surface area contributed by atoms with Crippen LogP contribution in [0.5, 0.6) is 11.5 Å². The van der Waals surface area contributed by atoms with E-state index in [9.17, 15) is 28.8 Å². The van der Waals surface area contributed by atoms with E-state index in [1.807, 2.05) is 79.4 Å². The second-order valence-corrected chi connectivity index (χ2v) is 16.4. The van der Waals surface area contributed by atoms with Gasteiger partial charge in [0, 0.05) is 34.7 Å². The fourth-order valence-corrected chi connectivity index (χ4v) is 8.74. The van der Waals surface area contributed by atoms with Crippen molar-refractivity contribution in [2.24, 2.45) is 0 Å². The molecule has 0 bridgehead atoms. The molecular formula is C47H45N5O10S. The number of hydrogen-bond donors (Lipinski definition) is 2. The van der Waals surface area contributed by atoms with Crippen molar-refractivity contribution < 1.29 is 47.7 Å². The maximum Gasteiger partial charge on any atom is 0.266 e. The van der Waals surface area contributed by atoms with Crippen LogP contribution < -0.4 is 25.0 Å². The molecule has 16 heteroatoms. The molecule has 1 atom stereocenters. The summed E-state index contributed by atoms with van der Waals surface area (Å²) in [4.78, 5) is 85.1. The number of fused-ring (bicyclic) bond motifs is 2. The third-order valence-electron chi connectivity index (χ3n) is 11.0. The monoisotopic (exact) mass is 871 g/mol. The van der Waals surface area contributed by atoms with E-state index < -0.39 is 29.7 Å². The van der Waals surface area contributed by atoms with E-state index in [4.69, 9.17) is 23.9 Å². The van der Waals surface area contributed by atoms with Gasteiger partial charge in [-0.25, -0.2) is 4.98 Å². The van der Waals surface area contributed by atoms with Crippen LogP contribution >= 0.6 is 11.3 Å². The topological polar surface area (TPSA) is 183 Å². The van der Waals surface area contributed by atoms with Gasteiger partial charge in [0.2, 0.25) is 17.7 Å². The number of hydrogen-bond acceptors (Lipinski definition) is 12. The number of aromatic nitrogens is 1. The number of carbonyl (C=O) groups excluding carboxylic acids is 6. The first-order valence-electron chi connectivity index (χ1n) is 20.7. The lowest BCUT2D eigenvalue weighted by Crippen LogP contribution is -2.54. The molecule has 1 unspecified atom stereocenters. The molecule has 1 saturated heterocycles. The summed E-state index contributed by atoms with van der Waals surface area (Å²) in [5.41, 5.74) is 6.40. The summed E-state index contributed by atoms with van der Waals surface area (Å²) in [5.74, 6) is -1.74. The minimum atomic E-state index is -1.06.